The largest absolute Gasteiger partial charge is 0.494 e. The summed E-state index contributed by atoms with van der Waals surface area (Å²) in [6.07, 6.45) is 0. The molecule has 0 bridgehead atoms. The first-order valence-corrected chi connectivity index (χ1v) is 11.4. The minimum atomic E-state index is -1.20. The molecule has 1 amide bonds. The van der Waals surface area contributed by atoms with E-state index < -0.39 is 29.4 Å². The topological polar surface area (TPSA) is 89.5 Å². The van der Waals surface area contributed by atoms with Crippen LogP contribution in [0, 0.1) is 12.8 Å². The predicted molar refractivity (Wildman–Crippen MR) is 128 cm³/mol. The van der Waals surface area contributed by atoms with E-state index in [0.29, 0.717) is 35.1 Å². The Kier molecular flexibility index (Phi) is 6.54. The number of ketones is 2. The maximum absolute atomic E-state index is 13.6. The number of hydrogen-bond donors (Lipinski definition) is 0. The summed E-state index contributed by atoms with van der Waals surface area (Å²) in [5, 5.41) is 8.18. The van der Waals surface area contributed by atoms with Crippen molar-refractivity contribution in [1.82, 2.24) is 10.2 Å². The molecule has 2 atom stereocenters. The van der Waals surface area contributed by atoms with Crippen LogP contribution < -0.4 is 9.64 Å². The number of Topliss-reactive ketones (excluding diaryl/α,β-unsaturated/α-hetero) is 2. The number of aromatic nitrogens is 2. The number of ether oxygens (including phenoxy) is 1. The van der Waals surface area contributed by atoms with Gasteiger partial charge in [-0.05, 0) is 55.2 Å². The van der Waals surface area contributed by atoms with Gasteiger partial charge in [0.05, 0.1) is 18.3 Å². The maximum atomic E-state index is 13.6. The van der Waals surface area contributed by atoms with Crippen molar-refractivity contribution < 1.29 is 19.1 Å². The van der Waals surface area contributed by atoms with Crippen LogP contribution in [0.2, 0.25) is 0 Å². The first-order valence-electron chi connectivity index (χ1n) is 11.4. The van der Waals surface area contributed by atoms with Gasteiger partial charge in [-0.2, -0.15) is 5.10 Å². The average Bonchev–Trinajstić information content (AvgIpc) is 3.10. The molecule has 7 heteroatoms. The first kappa shape index (κ1) is 23.3. The molecule has 1 aromatic heterocycles. The lowest BCUT2D eigenvalue weighted by molar-refractivity contribution is -0.135. The molecule has 2 heterocycles. The van der Waals surface area contributed by atoms with Gasteiger partial charge in [0, 0.05) is 5.56 Å². The van der Waals surface area contributed by atoms with Crippen molar-refractivity contribution in [3.05, 3.63) is 83.0 Å². The Morgan fingerprint density at radius 1 is 0.971 bits per heavy atom. The minimum absolute atomic E-state index is 0.230. The monoisotopic (exact) mass is 457 g/mol. The van der Waals surface area contributed by atoms with Crippen LogP contribution in [0.3, 0.4) is 0 Å². The number of hydrogen-bond acceptors (Lipinski definition) is 6. The second kappa shape index (κ2) is 9.55. The van der Waals surface area contributed by atoms with Crippen molar-refractivity contribution in [2.75, 3.05) is 11.5 Å². The van der Waals surface area contributed by atoms with Crippen molar-refractivity contribution in [2.45, 2.75) is 39.7 Å². The number of aryl methyl sites for hydroxylation is 1. The van der Waals surface area contributed by atoms with Gasteiger partial charge >= 0.3 is 0 Å². The zero-order valence-electron chi connectivity index (χ0n) is 19.7. The van der Waals surface area contributed by atoms with Crippen LogP contribution >= 0.6 is 0 Å². The zero-order chi connectivity index (χ0) is 24.4. The summed E-state index contributed by atoms with van der Waals surface area (Å²) in [5.41, 5.74) is 2.80. The smallest absolute Gasteiger partial charge is 0.297 e. The molecular weight excluding hydrogens is 430 g/mol. The average molecular weight is 458 g/mol. The van der Waals surface area contributed by atoms with Gasteiger partial charge in [0.25, 0.3) is 5.91 Å². The molecule has 4 rings (SSSR count). The highest BCUT2D eigenvalue weighted by atomic mass is 16.5. The number of amides is 1. The molecule has 0 spiro atoms. The molecule has 174 valence electrons. The van der Waals surface area contributed by atoms with Crippen LogP contribution in [0.25, 0.3) is 0 Å². The van der Waals surface area contributed by atoms with E-state index in [4.69, 9.17) is 4.74 Å². The molecule has 0 aliphatic carbocycles. The molecule has 1 saturated heterocycles. The lowest BCUT2D eigenvalue weighted by atomic mass is 9.86. The van der Waals surface area contributed by atoms with E-state index in [-0.39, 0.29) is 5.82 Å². The molecule has 0 radical (unpaired) electrons. The fourth-order valence-corrected chi connectivity index (χ4v) is 4.18. The van der Waals surface area contributed by atoms with E-state index in [9.17, 15) is 14.4 Å². The molecule has 0 N–H and O–H groups in total. The van der Waals surface area contributed by atoms with Gasteiger partial charge in [-0.15, -0.1) is 5.10 Å². The van der Waals surface area contributed by atoms with Crippen molar-refractivity contribution in [3.8, 4) is 5.75 Å². The number of anilines is 1. The molecule has 3 aromatic rings. The van der Waals surface area contributed by atoms with E-state index in [1.807, 2.05) is 19.1 Å². The van der Waals surface area contributed by atoms with Gasteiger partial charge in [0.1, 0.15) is 11.7 Å². The second-order valence-electron chi connectivity index (χ2n) is 8.64. The lowest BCUT2D eigenvalue weighted by Gasteiger charge is -2.26. The molecule has 1 fully saturated rings. The van der Waals surface area contributed by atoms with Crippen LogP contribution in [0.4, 0.5) is 5.82 Å². The van der Waals surface area contributed by atoms with Gasteiger partial charge in [-0.25, -0.2) is 0 Å². The van der Waals surface area contributed by atoms with Gasteiger partial charge < -0.3 is 4.74 Å². The summed E-state index contributed by atoms with van der Waals surface area (Å²) in [5.74, 6) is -1.91. The SMILES string of the molecule is CCOc1ccc(C2C(C(=O)c3ccc(C(C)C)cc3)C(=O)C(=O)N2c2ccc(C)nn2)cc1. The third-order valence-electron chi connectivity index (χ3n) is 6.01. The van der Waals surface area contributed by atoms with Crippen molar-refractivity contribution in [2.24, 2.45) is 5.92 Å². The summed E-state index contributed by atoms with van der Waals surface area (Å²) in [6.45, 7) is 8.32. The summed E-state index contributed by atoms with van der Waals surface area (Å²) in [7, 11) is 0. The minimum Gasteiger partial charge on any atom is -0.494 e. The number of rotatable bonds is 7. The third kappa shape index (κ3) is 4.33. The van der Waals surface area contributed by atoms with E-state index in [1.165, 1.54) is 4.90 Å². The number of benzene rings is 2. The normalized spacial score (nSPS) is 18.0. The molecule has 2 aromatic carbocycles. The third-order valence-corrected chi connectivity index (χ3v) is 6.01. The first-order chi connectivity index (χ1) is 16.3. The Morgan fingerprint density at radius 3 is 2.21 bits per heavy atom. The van der Waals surface area contributed by atoms with Crippen LogP contribution in [-0.2, 0) is 9.59 Å². The molecular formula is C27H27N3O4. The zero-order valence-corrected chi connectivity index (χ0v) is 19.7. The quantitative estimate of drug-likeness (QED) is 0.296. The lowest BCUT2D eigenvalue weighted by Crippen LogP contribution is -2.31. The standard InChI is InChI=1S/C27H27N3O4/c1-5-34-21-13-11-19(12-14-21)24-23(25(31)20-9-7-18(8-10-20)16(2)3)26(32)27(33)30(24)22-15-6-17(4)28-29-22/h6-16,23-24H,5H2,1-4H3. The summed E-state index contributed by atoms with van der Waals surface area (Å²) in [4.78, 5) is 41.3. The Labute approximate surface area is 198 Å². The van der Waals surface area contributed by atoms with E-state index >= 15 is 0 Å². The molecule has 7 nitrogen and oxygen atoms in total. The fraction of sp³-hybridized carbons (Fsp3) is 0.296. The maximum Gasteiger partial charge on any atom is 0.297 e. The highest BCUT2D eigenvalue weighted by molar-refractivity contribution is 6.48. The highest BCUT2D eigenvalue weighted by Gasteiger charge is 2.52. The van der Waals surface area contributed by atoms with Crippen LogP contribution in [0.15, 0.2) is 60.7 Å². The fourth-order valence-electron chi connectivity index (χ4n) is 4.18. The van der Waals surface area contributed by atoms with E-state index in [0.717, 1.165) is 5.56 Å². The Balaban J connectivity index is 1.79. The summed E-state index contributed by atoms with van der Waals surface area (Å²) < 4.78 is 5.53. The predicted octanol–water partition coefficient (Wildman–Crippen LogP) is 4.46. The Hall–Kier alpha value is -3.87. The van der Waals surface area contributed by atoms with Crippen molar-refractivity contribution in [3.63, 3.8) is 0 Å². The molecule has 1 aliphatic heterocycles. The van der Waals surface area contributed by atoms with Gasteiger partial charge in [0.15, 0.2) is 11.6 Å². The Bertz CT molecular complexity index is 1200. The van der Waals surface area contributed by atoms with Crippen LogP contribution in [-0.4, -0.2) is 34.3 Å². The van der Waals surface area contributed by atoms with Gasteiger partial charge in [-0.1, -0.05) is 50.2 Å². The van der Waals surface area contributed by atoms with E-state index in [2.05, 4.69) is 24.0 Å². The van der Waals surface area contributed by atoms with Crippen molar-refractivity contribution in [1.29, 1.82) is 0 Å². The molecule has 2 unspecified atom stereocenters. The van der Waals surface area contributed by atoms with Crippen molar-refractivity contribution >= 4 is 23.3 Å². The summed E-state index contributed by atoms with van der Waals surface area (Å²) >= 11 is 0. The van der Waals surface area contributed by atoms with Gasteiger partial charge in [-0.3, -0.25) is 19.3 Å². The summed E-state index contributed by atoms with van der Waals surface area (Å²) in [6, 6.07) is 16.8. The van der Waals surface area contributed by atoms with Crippen LogP contribution in [0.5, 0.6) is 5.75 Å². The number of carbonyl (C=O) groups is 3. The van der Waals surface area contributed by atoms with Gasteiger partial charge in [0.2, 0.25) is 5.78 Å². The Morgan fingerprint density at radius 2 is 1.65 bits per heavy atom. The highest BCUT2D eigenvalue weighted by Crippen LogP contribution is 2.41. The number of carbonyl (C=O) groups excluding carboxylic acids is 3. The van der Waals surface area contributed by atoms with Crippen LogP contribution in [0.1, 0.15) is 59.9 Å². The van der Waals surface area contributed by atoms with E-state index in [1.54, 1.807) is 55.5 Å². The second-order valence-corrected chi connectivity index (χ2v) is 8.64. The molecule has 1 aliphatic rings. The molecule has 0 saturated carbocycles. The molecule has 34 heavy (non-hydrogen) atoms. The number of nitrogens with zero attached hydrogens (tertiary/aromatic N) is 3.